The van der Waals surface area contributed by atoms with Crippen LogP contribution in [0.3, 0.4) is 0 Å². The average molecular weight is 250 g/mol. The third kappa shape index (κ3) is 2.10. The lowest BCUT2D eigenvalue weighted by atomic mass is 10.2. The summed E-state index contributed by atoms with van der Waals surface area (Å²) in [4.78, 5) is 10.9. The molecule has 2 rings (SSSR count). The minimum atomic E-state index is -0.491. The Morgan fingerprint density at radius 3 is 2.65 bits per heavy atom. The maximum atomic E-state index is 10.9. The van der Waals surface area contributed by atoms with Crippen LogP contribution in [0.25, 0.3) is 5.69 Å². The number of aliphatic hydroxyl groups excluding tert-OH is 1. The highest BCUT2D eigenvalue weighted by Gasteiger charge is 2.07. The van der Waals surface area contributed by atoms with Crippen LogP contribution in [0.15, 0.2) is 24.3 Å². The highest BCUT2D eigenvalue weighted by Crippen LogP contribution is 2.12. The third-order valence-electron chi connectivity index (χ3n) is 2.29. The topological polar surface area (TPSA) is 96.9 Å². The lowest BCUT2D eigenvalue weighted by Gasteiger charge is -2.05. The highest BCUT2D eigenvalue weighted by molar-refractivity contribution is 7.71. The van der Waals surface area contributed by atoms with Crippen LogP contribution in [0.2, 0.25) is 0 Å². The number of rotatable bonds is 3. The van der Waals surface area contributed by atoms with E-state index in [0.29, 0.717) is 21.8 Å². The molecule has 4 N–H and O–H groups in total. The second kappa shape index (κ2) is 4.48. The zero-order valence-corrected chi connectivity index (χ0v) is 9.57. The fourth-order valence-electron chi connectivity index (χ4n) is 1.48. The van der Waals surface area contributed by atoms with Crippen molar-refractivity contribution >= 4 is 18.1 Å². The van der Waals surface area contributed by atoms with Gasteiger partial charge >= 0.3 is 0 Å². The van der Waals surface area contributed by atoms with E-state index in [2.05, 4.69) is 10.2 Å². The van der Waals surface area contributed by atoms with Crippen LogP contribution < -0.4 is 5.73 Å². The van der Waals surface area contributed by atoms with Crippen LogP contribution >= 0.6 is 12.2 Å². The van der Waals surface area contributed by atoms with Crippen molar-refractivity contribution in [1.82, 2.24) is 14.8 Å². The molecule has 0 aliphatic heterocycles. The van der Waals surface area contributed by atoms with Crippen molar-refractivity contribution in [2.24, 2.45) is 5.73 Å². The van der Waals surface area contributed by atoms with Gasteiger partial charge in [0.05, 0.1) is 0 Å². The zero-order chi connectivity index (χ0) is 12.4. The van der Waals surface area contributed by atoms with E-state index in [-0.39, 0.29) is 6.61 Å². The number of aliphatic hydroxyl groups is 1. The van der Waals surface area contributed by atoms with Crippen molar-refractivity contribution in [3.8, 4) is 5.69 Å². The number of amides is 1. The molecule has 17 heavy (non-hydrogen) atoms. The molecule has 1 amide bonds. The van der Waals surface area contributed by atoms with Crippen LogP contribution in [0.5, 0.6) is 0 Å². The molecule has 0 spiro atoms. The maximum absolute atomic E-state index is 10.9. The van der Waals surface area contributed by atoms with E-state index >= 15 is 0 Å². The van der Waals surface area contributed by atoms with E-state index in [1.54, 1.807) is 28.8 Å². The second-order valence-electron chi connectivity index (χ2n) is 3.35. The molecular formula is C10H10N4O2S. The van der Waals surface area contributed by atoms with Crippen molar-refractivity contribution in [3.05, 3.63) is 40.4 Å². The molecule has 6 nitrogen and oxygen atoms in total. The Hall–Kier alpha value is -1.99. The van der Waals surface area contributed by atoms with Crippen molar-refractivity contribution in [1.29, 1.82) is 0 Å². The molecule has 0 radical (unpaired) electrons. The highest BCUT2D eigenvalue weighted by atomic mass is 32.1. The SMILES string of the molecule is NC(=O)c1ccc(-n2c(CO)n[nH]c2=S)cc1. The van der Waals surface area contributed by atoms with Crippen molar-refractivity contribution < 1.29 is 9.90 Å². The number of H-pyrrole nitrogens is 1. The smallest absolute Gasteiger partial charge is 0.248 e. The number of carbonyl (C=O) groups excluding carboxylic acids is 1. The van der Waals surface area contributed by atoms with Gasteiger partial charge in [0.2, 0.25) is 5.91 Å². The van der Waals surface area contributed by atoms with Gasteiger partial charge in [0, 0.05) is 11.3 Å². The molecule has 1 aromatic heterocycles. The lowest BCUT2D eigenvalue weighted by Crippen LogP contribution is -2.11. The maximum Gasteiger partial charge on any atom is 0.248 e. The van der Waals surface area contributed by atoms with Crippen LogP contribution in [-0.2, 0) is 6.61 Å². The Balaban J connectivity index is 2.50. The third-order valence-corrected chi connectivity index (χ3v) is 2.57. The summed E-state index contributed by atoms with van der Waals surface area (Å²) in [6.07, 6.45) is 0. The molecule has 0 fully saturated rings. The number of nitrogens with zero attached hydrogens (tertiary/aromatic N) is 2. The second-order valence-corrected chi connectivity index (χ2v) is 3.74. The number of nitrogens with two attached hydrogens (primary N) is 1. The minimum Gasteiger partial charge on any atom is -0.388 e. The molecule has 1 aromatic carbocycles. The molecule has 0 unspecified atom stereocenters. The van der Waals surface area contributed by atoms with Gasteiger partial charge in [-0.25, -0.2) is 0 Å². The molecular weight excluding hydrogens is 240 g/mol. The fourth-order valence-corrected chi connectivity index (χ4v) is 1.73. The quantitative estimate of drug-likeness (QED) is 0.692. The summed E-state index contributed by atoms with van der Waals surface area (Å²) in [5, 5.41) is 15.6. The van der Waals surface area contributed by atoms with E-state index in [4.69, 9.17) is 23.1 Å². The van der Waals surface area contributed by atoms with Gasteiger partial charge in [0.15, 0.2) is 10.6 Å². The van der Waals surface area contributed by atoms with Gasteiger partial charge in [-0.1, -0.05) is 0 Å². The molecule has 0 aliphatic rings. The summed E-state index contributed by atoms with van der Waals surface area (Å²) in [5.41, 5.74) is 6.26. The Kier molecular flexibility index (Phi) is 3.03. The van der Waals surface area contributed by atoms with Gasteiger partial charge in [-0.3, -0.25) is 14.5 Å². The first-order valence-corrected chi connectivity index (χ1v) is 5.21. The number of primary amides is 1. The molecule has 7 heteroatoms. The van der Waals surface area contributed by atoms with Gasteiger partial charge in [0.25, 0.3) is 0 Å². The summed E-state index contributed by atoms with van der Waals surface area (Å²) >= 11 is 5.05. The number of benzene rings is 1. The van der Waals surface area contributed by atoms with E-state index in [1.165, 1.54) is 0 Å². The predicted octanol–water partition coefficient (Wildman–Crippen LogP) is 0.521. The fraction of sp³-hybridized carbons (Fsp3) is 0.100. The van der Waals surface area contributed by atoms with Gasteiger partial charge in [-0.2, -0.15) is 5.10 Å². The molecule has 88 valence electrons. The van der Waals surface area contributed by atoms with Crippen molar-refractivity contribution in [2.75, 3.05) is 0 Å². The number of hydrogen-bond acceptors (Lipinski definition) is 4. The molecule has 0 bridgehead atoms. The number of carbonyl (C=O) groups is 1. The van der Waals surface area contributed by atoms with E-state index in [1.807, 2.05) is 0 Å². The summed E-state index contributed by atoms with van der Waals surface area (Å²) in [7, 11) is 0. The van der Waals surface area contributed by atoms with E-state index in [9.17, 15) is 4.79 Å². The number of aromatic amines is 1. The van der Waals surface area contributed by atoms with E-state index < -0.39 is 5.91 Å². The Morgan fingerprint density at radius 1 is 1.47 bits per heavy atom. The number of nitrogens with one attached hydrogen (secondary N) is 1. The Bertz CT molecular complexity index is 600. The van der Waals surface area contributed by atoms with Crippen LogP contribution in [0, 0.1) is 4.77 Å². The summed E-state index contributed by atoms with van der Waals surface area (Å²) < 4.78 is 1.96. The van der Waals surface area contributed by atoms with Gasteiger partial charge < -0.3 is 10.8 Å². The molecule has 0 saturated heterocycles. The van der Waals surface area contributed by atoms with Gasteiger partial charge in [-0.15, -0.1) is 0 Å². The van der Waals surface area contributed by atoms with Crippen molar-refractivity contribution in [3.63, 3.8) is 0 Å². The normalized spacial score (nSPS) is 10.4. The largest absolute Gasteiger partial charge is 0.388 e. The van der Waals surface area contributed by atoms with Crippen LogP contribution in [0.1, 0.15) is 16.2 Å². The monoisotopic (exact) mass is 250 g/mol. The number of aromatic nitrogens is 3. The standard InChI is InChI=1S/C10H10N4O2S/c11-9(16)6-1-3-7(4-2-6)14-8(5-15)12-13-10(14)17/h1-4,15H,5H2,(H2,11,16)(H,13,17). The molecule has 1 heterocycles. The predicted molar refractivity (Wildman–Crippen MR) is 63.2 cm³/mol. The Labute approximate surface area is 102 Å². The zero-order valence-electron chi connectivity index (χ0n) is 8.75. The first kappa shape index (κ1) is 11.5. The first-order chi connectivity index (χ1) is 8.13. The van der Waals surface area contributed by atoms with Gasteiger partial charge in [-0.05, 0) is 36.5 Å². The molecule has 0 aliphatic carbocycles. The summed E-state index contributed by atoms with van der Waals surface area (Å²) in [5.74, 6) is -0.0865. The minimum absolute atomic E-state index is 0.231. The molecule has 2 aromatic rings. The number of hydrogen-bond donors (Lipinski definition) is 3. The molecule has 0 atom stereocenters. The first-order valence-electron chi connectivity index (χ1n) is 4.81. The average Bonchev–Trinajstić information content (AvgIpc) is 2.70. The van der Waals surface area contributed by atoms with Gasteiger partial charge in [0.1, 0.15) is 6.61 Å². The Morgan fingerprint density at radius 2 is 2.12 bits per heavy atom. The summed E-state index contributed by atoms with van der Waals surface area (Å²) in [6, 6.07) is 6.55. The van der Waals surface area contributed by atoms with Crippen LogP contribution in [0.4, 0.5) is 0 Å². The van der Waals surface area contributed by atoms with E-state index in [0.717, 1.165) is 0 Å². The summed E-state index contributed by atoms with van der Waals surface area (Å²) in [6.45, 7) is -0.231. The van der Waals surface area contributed by atoms with Crippen molar-refractivity contribution in [2.45, 2.75) is 6.61 Å². The lowest BCUT2D eigenvalue weighted by molar-refractivity contribution is 0.100. The molecule has 0 saturated carbocycles. The van der Waals surface area contributed by atoms with Crippen LogP contribution in [-0.4, -0.2) is 25.8 Å².